The second kappa shape index (κ2) is 11.2. The molecule has 9 nitrogen and oxygen atoms in total. The number of hydrogen-bond acceptors (Lipinski definition) is 6. The Kier molecular flexibility index (Phi) is 8.54. The zero-order valence-electron chi connectivity index (χ0n) is 21.2. The van der Waals surface area contributed by atoms with E-state index >= 15 is 0 Å². The van der Waals surface area contributed by atoms with Gasteiger partial charge < -0.3 is 29.5 Å². The summed E-state index contributed by atoms with van der Waals surface area (Å²) in [6, 6.07) is 4.88. The molecule has 0 unspecified atom stereocenters. The first kappa shape index (κ1) is 26.0. The average Bonchev–Trinajstić information content (AvgIpc) is 3.62. The van der Waals surface area contributed by atoms with Crippen molar-refractivity contribution in [2.75, 3.05) is 59.8 Å². The van der Waals surface area contributed by atoms with Gasteiger partial charge in [-0.1, -0.05) is 6.92 Å². The van der Waals surface area contributed by atoms with Gasteiger partial charge in [0.05, 0.1) is 24.3 Å². The van der Waals surface area contributed by atoms with E-state index in [-0.39, 0.29) is 54.9 Å². The summed E-state index contributed by atoms with van der Waals surface area (Å²) in [5.41, 5.74) is 0.957. The molecular weight excluding hydrogens is 436 g/mol. The van der Waals surface area contributed by atoms with Gasteiger partial charge >= 0.3 is 0 Å². The van der Waals surface area contributed by atoms with Gasteiger partial charge in [0.1, 0.15) is 12.4 Å². The van der Waals surface area contributed by atoms with Gasteiger partial charge in [0.25, 0.3) is 5.91 Å². The van der Waals surface area contributed by atoms with E-state index in [1.807, 2.05) is 25.9 Å². The van der Waals surface area contributed by atoms with Crippen LogP contribution in [0.1, 0.15) is 37.0 Å². The molecule has 1 heterocycles. The van der Waals surface area contributed by atoms with Crippen molar-refractivity contribution >= 4 is 23.4 Å². The van der Waals surface area contributed by atoms with Crippen molar-refractivity contribution in [1.29, 1.82) is 0 Å². The molecule has 1 saturated carbocycles. The Balaban J connectivity index is 1.91. The lowest BCUT2D eigenvalue weighted by atomic mass is 10.0. The first-order chi connectivity index (χ1) is 16.1. The van der Waals surface area contributed by atoms with Crippen LogP contribution in [0.4, 0.5) is 5.69 Å². The Morgan fingerprint density at radius 2 is 1.91 bits per heavy atom. The monoisotopic (exact) mass is 474 g/mol. The van der Waals surface area contributed by atoms with Crippen LogP contribution in [0.25, 0.3) is 0 Å². The van der Waals surface area contributed by atoms with Crippen LogP contribution >= 0.6 is 0 Å². The highest BCUT2D eigenvalue weighted by atomic mass is 16.5. The molecule has 0 spiro atoms. The molecule has 0 radical (unpaired) electrons. The fourth-order valence-electron chi connectivity index (χ4n) is 4.21. The number of carbonyl (C=O) groups excluding carboxylic acids is 3. The van der Waals surface area contributed by atoms with Crippen molar-refractivity contribution < 1.29 is 23.9 Å². The van der Waals surface area contributed by atoms with Gasteiger partial charge in [-0.25, -0.2) is 0 Å². The zero-order chi connectivity index (χ0) is 25.0. The summed E-state index contributed by atoms with van der Waals surface area (Å²) in [6.07, 6.45) is 1.64. The second-order valence-electron chi connectivity index (χ2n) is 9.86. The van der Waals surface area contributed by atoms with E-state index in [4.69, 9.17) is 9.47 Å². The molecule has 2 aliphatic rings. The molecule has 0 saturated heterocycles. The fourth-order valence-corrected chi connectivity index (χ4v) is 4.21. The van der Waals surface area contributed by atoms with Crippen molar-refractivity contribution in [2.45, 2.75) is 38.8 Å². The Bertz CT molecular complexity index is 901. The van der Waals surface area contributed by atoms with Crippen molar-refractivity contribution in [1.82, 2.24) is 14.7 Å². The van der Waals surface area contributed by atoms with Crippen LogP contribution in [0.2, 0.25) is 0 Å². The molecule has 1 aliphatic heterocycles. The highest BCUT2D eigenvalue weighted by Gasteiger charge is 2.37. The summed E-state index contributed by atoms with van der Waals surface area (Å²) < 4.78 is 11.9. The summed E-state index contributed by atoms with van der Waals surface area (Å²) in [4.78, 5) is 43.9. The number of benzene rings is 1. The summed E-state index contributed by atoms with van der Waals surface area (Å²) in [5.74, 6) is 0.330. The van der Waals surface area contributed by atoms with Crippen molar-refractivity contribution in [2.24, 2.45) is 11.8 Å². The standard InChI is InChI=1S/C25H38N4O5/c1-16-12-29(24(31)18-7-8-18)17(2)15-34-21-11-19(26-23(30)14-27(3)4)9-10-20(21)25(32)28(5)13-22(16)33-6/h9-11,16-18,22H,7-8,12-15H2,1-6H3,(H,26,30)/t16-,17-,22-/m1/s1. The molecule has 1 N–H and O–H groups in total. The maximum Gasteiger partial charge on any atom is 0.257 e. The topological polar surface area (TPSA) is 91.4 Å². The predicted molar refractivity (Wildman–Crippen MR) is 130 cm³/mol. The predicted octanol–water partition coefficient (Wildman–Crippen LogP) is 1.93. The smallest absolute Gasteiger partial charge is 0.257 e. The molecule has 1 aliphatic carbocycles. The number of rotatable bonds is 5. The molecule has 0 aromatic heterocycles. The molecule has 1 fully saturated rings. The first-order valence-electron chi connectivity index (χ1n) is 11.9. The molecule has 9 heteroatoms. The lowest BCUT2D eigenvalue weighted by Crippen LogP contribution is -2.49. The van der Waals surface area contributed by atoms with Gasteiger partial charge in [-0.15, -0.1) is 0 Å². The number of amides is 3. The van der Waals surface area contributed by atoms with Gasteiger partial charge in [-0.05, 0) is 46.0 Å². The number of nitrogens with zero attached hydrogens (tertiary/aromatic N) is 3. The number of nitrogens with one attached hydrogen (secondary N) is 1. The maximum absolute atomic E-state index is 13.3. The largest absolute Gasteiger partial charge is 0.491 e. The van der Waals surface area contributed by atoms with Crippen LogP contribution in [-0.4, -0.2) is 99.1 Å². The number of ether oxygens (including phenoxy) is 2. The fraction of sp³-hybridized carbons (Fsp3) is 0.640. The van der Waals surface area contributed by atoms with E-state index in [0.717, 1.165) is 12.8 Å². The molecule has 3 amide bonds. The van der Waals surface area contributed by atoms with Gasteiger partial charge in [0.2, 0.25) is 11.8 Å². The molecule has 1 aromatic carbocycles. The number of likely N-dealkylation sites (N-methyl/N-ethyl adjacent to an activating group) is 2. The Hall–Kier alpha value is -2.65. The Morgan fingerprint density at radius 1 is 1.21 bits per heavy atom. The molecule has 0 bridgehead atoms. The van der Waals surface area contributed by atoms with Crippen LogP contribution in [-0.2, 0) is 14.3 Å². The average molecular weight is 475 g/mol. The minimum absolute atomic E-state index is 0.0404. The Morgan fingerprint density at radius 3 is 2.53 bits per heavy atom. The van der Waals surface area contributed by atoms with Crippen LogP contribution in [0.3, 0.4) is 0 Å². The third-order valence-corrected chi connectivity index (χ3v) is 6.40. The van der Waals surface area contributed by atoms with E-state index in [0.29, 0.717) is 30.1 Å². The summed E-state index contributed by atoms with van der Waals surface area (Å²) in [5, 5.41) is 2.85. The summed E-state index contributed by atoms with van der Waals surface area (Å²) >= 11 is 0. The number of hydrogen-bond donors (Lipinski definition) is 1. The number of anilines is 1. The highest BCUT2D eigenvalue weighted by molar-refractivity contribution is 5.98. The van der Waals surface area contributed by atoms with Crippen LogP contribution < -0.4 is 10.1 Å². The lowest BCUT2D eigenvalue weighted by Gasteiger charge is -2.36. The third kappa shape index (κ3) is 6.48. The van der Waals surface area contributed by atoms with Gasteiger partial charge in [-0.3, -0.25) is 14.4 Å². The third-order valence-electron chi connectivity index (χ3n) is 6.40. The summed E-state index contributed by atoms with van der Waals surface area (Å²) in [6.45, 7) is 5.42. The van der Waals surface area contributed by atoms with Crippen molar-refractivity contribution in [3.8, 4) is 5.75 Å². The van der Waals surface area contributed by atoms with Gasteiger partial charge in [-0.2, -0.15) is 0 Å². The van der Waals surface area contributed by atoms with Gasteiger partial charge in [0.15, 0.2) is 0 Å². The number of fused-ring (bicyclic) bond motifs is 1. The van der Waals surface area contributed by atoms with E-state index < -0.39 is 0 Å². The van der Waals surface area contributed by atoms with Gasteiger partial charge in [0, 0.05) is 50.8 Å². The van der Waals surface area contributed by atoms with E-state index in [1.165, 1.54) is 0 Å². The molecule has 34 heavy (non-hydrogen) atoms. The van der Waals surface area contributed by atoms with Crippen molar-refractivity contribution in [3.05, 3.63) is 23.8 Å². The number of methoxy groups -OCH3 is 1. The SMILES string of the molecule is CO[C@@H]1CN(C)C(=O)c2ccc(NC(=O)CN(C)C)cc2OC[C@@H](C)N(C(=O)C2CC2)C[C@H]1C. The Labute approximate surface area is 202 Å². The minimum Gasteiger partial charge on any atom is -0.491 e. The van der Waals surface area contributed by atoms with E-state index in [9.17, 15) is 14.4 Å². The van der Waals surface area contributed by atoms with Crippen LogP contribution in [0, 0.1) is 11.8 Å². The minimum atomic E-state index is -0.218. The molecule has 188 valence electrons. The molecule has 1 aromatic rings. The normalized spacial score (nSPS) is 24.1. The van der Waals surface area contributed by atoms with Crippen LogP contribution in [0.5, 0.6) is 5.75 Å². The van der Waals surface area contributed by atoms with E-state index in [2.05, 4.69) is 12.2 Å². The zero-order valence-corrected chi connectivity index (χ0v) is 21.2. The van der Waals surface area contributed by atoms with Crippen LogP contribution in [0.15, 0.2) is 18.2 Å². The molecular formula is C25H38N4O5. The number of carbonyl (C=O) groups is 3. The maximum atomic E-state index is 13.3. The quantitative estimate of drug-likeness (QED) is 0.701. The first-order valence-corrected chi connectivity index (χ1v) is 11.9. The van der Waals surface area contributed by atoms with Crippen molar-refractivity contribution in [3.63, 3.8) is 0 Å². The second-order valence-corrected chi connectivity index (χ2v) is 9.86. The summed E-state index contributed by atoms with van der Waals surface area (Å²) in [7, 11) is 7.01. The molecule has 3 atom stereocenters. The highest BCUT2D eigenvalue weighted by Crippen LogP contribution is 2.33. The lowest BCUT2D eigenvalue weighted by molar-refractivity contribution is -0.136. The molecule has 3 rings (SSSR count). The van der Waals surface area contributed by atoms with E-state index in [1.54, 1.807) is 42.2 Å².